The van der Waals surface area contributed by atoms with Crippen molar-refractivity contribution in [1.82, 2.24) is 4.90 Å². The molecule has 1 aliphatic rings. The predicted molar refractivity (Wildman–Crippen MR) is 44.7 cm³/mol. The Balaban J connectivity index is 2.46. The van der Waals surface area contributed by atoms with Gasteiger partial charge in [0.05, 0.1) is 0 Å². The molecule has 0 spiro atoms. The molecule has 0 aromatic heterocycles. The van der Waals surface area contributed by atoms with Crippen LogP contribution in [0.1, 0.15) is 13.3 Å². The van der Waals surface area contributed by atoms with Gasteiger partial charge in [-0.05, 0) is 6.42 Å². The topological polar surface area (TPSA) is 37.4 Å². The molecule has 0 aromatic carbocycles. The molecule has 4 heteroatoms. The molecule has 0 bridgehead atoms. The minimum absolute atomic E-state index is 0.101. The molecule has 1 atom stereocenters. The summed E-state index contributed by atoms with van der Waals surface area (Å²) in [6, 6.07) is 0. The molecular formula is C7H13NO2S. The number of hydrogen-bond donors (Lipinski definition) is 0. The van der Waals surface area contributed by atoms with Crippen molar-refractivity contribution < 1.29 is 9.00 Å². The predicted octanol–water partition coefficient (Wildman–Crippen LogP) is -0.0127. The second-order valence-electron chi connectivity index (χ2n) is 2.71. The van der Waals surface area contributed by atoms with E-state index in [1.54, 1.807) is 11.8 Å². The van der Waals surface area contributed by atoms with Crippen LogP contribution < -0.4 is 0 Å². The number of hydrogen-bond acceptors (Lipinski definition) is 2. The molecule has 0 aromatic rings. The lowest BCUT2D eigenvalue weighted by molar-refractivity contribution is -0.128. The average molecular weight is 175 g/mol. The summed E-state index contributed by atoms with van der Waals surface area (Å²) in [5, 5.41) is 0. The third-order valence-electron chi connectivity index (χ3n) is 1.83. The van der Waals surface area contributed by atoms with E-state index in [-0.39, 0.29) is 5.91 Å². The molecule has 11 heavy (non-hydrogen) atoms. The van der Waals surface area contributed by atoms with Gasteiger partial charge in [-0.2, -0.15) is 0 Å². The van der Waals surface area contributed by atoms with E-state index in [2.05, 4.69) is 0 Å². The molecule has 1 heterocycles. The molecule has 0 saturated carbocycles. The summed E-state index contributed by atoms with van der Waals surface area (Å²) in [5.41, 5.74) is 0. The van der Waals surface area contributed by atoms with Gasteiger partial charge in [0.15, 0.2) is 0 Å². The van der Waals surface area contributed by atoms with Crippen LogP contribution in [0.25, 0.3) is 0 Å². The highest BCUT2D eigenvalue weighted by molar-refractivity contribution is 7.85. The van der Waals surface area contributed by atoms with Crippen molar-refractivity contribution in [2.24, 2.45) is 0 Å². The van der Waals surface area contributed by atoms with Gasteiger partial charge in [-0.25, -0.2) is 0 Å². The normalized spacial score (nSPS) is 26.3. The van der Waals surface area contributed by atoms with Crippen molar-refractivity contribution in [2.45, 2.75) is 13.3 Å². The molecule has 0 aliphatic carbocycles. The average Bonchev–Trinajstić information content (AvgIpc) is 2.13. The summed E-state index contributed by atoms with van der Waals surface area (Å²) < 4.78 is 11.0. The minimum Gasteiger partial charge on any atom is -0.342 e. The fourth-order valence-electron chi connectivity index (χ4n) is 1.16. The van der Waals surface area contributed by atoms with Crippen molar-refractivity contribution in [1.29, 1.82) is 0 Å². The van der Waals surface area contributed by atoms with E-state index in [0.29, 0.717) is 12.3 Å². The monoisotopic (exact) mass is 175 g/mol. The van der Waals surface area contributed by atoms with E-state index in [1.807, 2.05) is 0 Å². The molecular weight excluding hydrogens is 162 g/mol. The maximum Gasteiger partial charge on any atom is 0.219 e. The Morgan fingerprint density at radius 1 is 1.36 bits per heavy atom. The maximum atomic E-state index is 11.0. The van der Waals surface area contributed by atoms with E-state index in [0.717, 1.165) is 18.7 Å². The summed E-state index contributed by atoms with van der Waals surface area (Å²) in [6.07, 6.45) is 0.881. The zero-order chi connectivity index (χ0) is 8.27. The summed E-state index contributed by atoms with van der Waals surface area (Å²) in [5.74, 6) is 1.51. The van der Waals surface area contributed by atoms with Gasteiger partial charge in [0, 0.05) is 42.3 Å². The number of carbonyl (C=O) groups is 1. The Labute approximate surface area is 69.2 Å². The van der Waals surface area contributed by atoms with Crippen LogP contribution >= 0.6 is 0 Å². The Kier molecular flexibility index (Phi) is 3.05. The highest BCUT2D eigenvalue weighted by Crippen LogP contribution is 2.01. The second kappa shape index (κ2) is 3.85. The molecule has 0 radical (unpaired) electrons. The van der Waals surface area contributed by atoms with Crippen molar-refractivity contribution in [3.05, 3.63) is 0 Å². The molecule has 0 N–H and O–H groups in total. The van der Waals surface area contributed by atoms with Gasteiger partial charge in [-0.1, -0.05) is 0 Å². The largest absolute Gasteiger partial charge is 0.342 e. The quantitative estimate of drug-likeness (QED) is 0.519. The van der Waals surface area contributed by atoms with E-state index in [4.69, 9.17) is 0 Å². The van der Waals surface area contributed by atoms with E-state index in [9.17, 15) is 9.00 Å². The third-order valence-corrected chi connectivity index (χ3v) is 3.22. The number of rotatable bonds is 0. The summed E-state index contributed by atoms with van der Waals surface area (Å²) in [7, 11) is -0.689. The molecule has 3 nitrogen and oxygen atoms in total. The van der Waals surface area contributed by atoms with E-state index in [1.165, 1.54) is 0 Å². The summed E-state index contributed by atoms with van der Waals surface area (Å²) >= 11 is 0. The van der Waals surface area contributed by atoms with E-state index >= 15 is 0 Å². The SMILES string of the molecule is CC(=O)N1CCCS(=O)CC1. The Morgan fingerprint density at radius 3 is 2.73 bits per heavy atom. The zero-order valence-electron chi connectivity index (χ0n) is 6.71. The first-order valence-electron chi connectivity index (χ1n) is 3.80. The summed E-state index contributed by atoms with van der Waals surface area (Å²) in [6.45, 7) is 3.01. The molecule has 1 amide bonds. The smallest absolute Gasteiger partial charge is 0.219 e. The number of carbonyl (C=O) groups excluding carboxylic acids is 1. The first kappa shape index (κ1) is 8.71. The zero-order valence-corrected chi connectivity index (χ0v) is 7.52. The third kappa shape index (κ3) is 2.61. The van der Waals surface area contributed by atoms with Crippen LogP contribution in [-0.4, -0.2) is 39.6 Å². The molecule has 64 valence electrons. The van der Waals surface area contributed by atoms with Crippen molar-refractivity contribution >= 4 is 16.7 Å². The lowest BCUT2D eigenvalue weighted by atomic mass is 10.4. The molecule has 1 fully saturated rings. The Hall–Kier alpha value is -0.380. The second-order valence-corrected chi connectivity index (χ2v) is 4.40. The molecule has 1 rings (SSSR count). The number of nitrogens with zero attached hydrogens (tertiary/aromatic N) is 1. The molecule has 1 aliphatic heterocycles. The highest BCUT2D eigenvalue weighted by atomic mass is 32.2. The van der Waals surface area contributed by atoms with E-state index < -0.39 is 10.8 Å². The first-order chi connectivity index (χ1) is 5.20. The van der Waals surface area contributed by atoms with Gasteiger partial charge in [0.1, 0.15) is 0 Å². The van der Waals surface area contributed by atoms with Crippen LogP contribution in [0.4, 0.5) is 0 Å². The van der Waals surface area contributed by atoms with Crippen LogP contribution in [0.15, 0.2) is 0 Å². The summed E-state index contributed by atoms with van der Waals surface area (Å²) in [4.78, 5) is 12.7. The molecule has 1 unspecified atom stereocenters. The van der Waals surface area contributed by atoms with Crippen molar-refractivity contribution in [3.8, 4) is 0 Å². The standard InChI is InChI=1S/C7H13NO2S/c1-7(9)8-3-2-5-11(10)6-4-8/h2-6H2,1H3. The lowest BCUT2D eigenvalue weighted by Gasteiger charge is -2.16. The highest BCUT2D eigenvalue weighted by Gasteiger charge is 2.14. The van der Waals surface area contributed by atoms with Gasteiger partial charge < -0.3 is 4.90 Å². The van der Waals surface area contributed by atoms with Crippen LogP contribution in [-0.2, 0) is 15.6 Å². The van der Waals surface area contributed by atoms with Gasteiger partial charge in [0.2, 0.25) is 5.91 Å². The van der Waals surface area contributed by atoms with Gasteiger partial charge in [-0.15, -0.1) is 0 Å². The Bertz CT molecular complexity index is 181. The van der Waals surface area contributed by atoms with Crippen LogP contribution in [0.2, 0.25) is 0 Å². The van der Waals surface area contributed by atoms with Crippen molar-refractivity contribution in [2.75, 3.05) is 24.6 Å². The fourth-order valence-corrected chi connectivity index (χ4v) is 2.24. The van der Waals surface area contributed by atoms with Gasteiger partial charge in [-0.3, -0.25) is 9.00 Å². The maximum absolute atomic E-state index is 11.0. The van der Waals surface area contributed by atoms with Crippen LogP contribution in [0.5, 0.6) is 0 Å². The minimum atomic E-state index is -0.689. The van der Waals surface area contributed by atoms with Gasteiger partial charge >= 0.3 is 0 Å². The molecule has 1 saturated heterocycles. The van der Waals surface area contributed by atoms with Crippen molar-refractivity contribution in [3.63, 3.8) is 0 Å². The lowest BCUT2D eigenvalue weighted by Crippen LogP contribution is -2.30. The Morgan fingerprint density at radius 2 is 2.09 bits per heavy atom. The van der Waals surface area contributed by atoms with Crippen LogP contribution in [0.3, 0.4) is 0 Å². The number of amides is 1. The van der Waals surface area contributed by atoms with Crippen LogP contribution in [0, 0.1) is 0 Å². The fraction of sp³-hybridized carbons (Fsp3) is 0.857. The first-order valence-corrected chi connectivity index (χ1v) is 5.29. The van der Waals surface area contributed by atoms with Gasteiger partial charge in [0.25, 0.3) is 0 Å².